The molecule has 0 radical (unpaired) electrons. The topological polar surface area (TPSA) is 88.6 Å². The Kier molecular flexibility index (Phi) is 3.73. The van der Waals surface area contributed by atoms with Crippen molar-refractivity contribution in [1.29, 1.82) is 0 Å². The maximum atomic E-state index is 11.7. The summed E-state index contributed by atoms with van der Waals surface area (Å²) in [5.41, 5.74) is 4.17. The summed E-state index contributed by atoms with van der Waals surface area (Å²) in [6.07, 6.45) is 5.82. The predicted molar refractivity (Wildman–Crippen MR) is 87.6 cm³/mol. The third-order valence-corrected chi connectivity index (χ3v) is 4.68. The second-order valence-corrected chi connectivity index (χ2v) is 7.42. The van der Waals surface area contributed by atoms with Crippen molar-refractivity contribution in [2.24, 2.45) is 0 Å². The highest BCUT2D eigenvalue weighted by atomic mass is 32.2. The maximum absolute atomic E-state index is 11.7. The minimum absolute atomic E-state index is 0.193. The number of pyridine rings is 2. The van der Waals surface area contributed by atoms with Gasteiger partial charge in [-0.25, -0.2) is 13.4 Å². The number of aromatic amines is 1. The third-order valence-electron chi connectivity index (χ3n) is 3.61. The van der Waals surface area contributed by atoms with Gasteiger partial charge < -0.3 is 4.98 Å². The molecule has 3 aromatic rings. The van der Waals surface area contributed by atoms with E-state index in [0.717, 1.165) is 22.5 Å². The zero-order valence-corrected chi connectivity index (χ0v) is 13.8. The highest BCUT2D eigenvalue weighted by Crippen LogP contribution is 2.25. The maximum Gasteiger partial charge on any atom is 0.177 e. The molecule has 0 aliphatic carbocycles. The standard InChI is InChI=1S/C16H16N4O2S/c1-10-11(2)20-16(19-10)15-7-12(4-5-18-15)13-6-14(9-17-8-13)23(3,21)22/h4-9H,1-3H3,(H,19,20). The van der Waals surface area contributed by atoms with Gasteiger partial charge in [0.2, 0.25) is 0 Å². The second kappa shape index (κ2) is 5.58. The first-order chi connectivity index (χ1) is 10.8. The molecule has 23 heavy (non-hydrogen) atoms. The van der Waals surface area contributed by atoms with Gasteiger partial charge in [0.05, 0.1) is 10.6 Å². The summed E-state index contributed by atoms with van der Waals surface area (Å²) in [6.45, 7) is 3.88. The predicted octanol–water partition coefficient (Wildman–Crippen LogP) is 2.55. The molecule has 3 heterocycles. The molecule has 7 heteroatoms. The number of aryl methyl sites for hydroxylation is 2. The van der Waals surface area contributed by atoms with Gasteiger partial charge >= 0.3 is 0 Å². The number of rotatable bonds is 3. The molecule has 0 aliphatic rings. The lowest BCUT2D eigenvalue weighted by atomic mass is 10.1. The molecule has 3 rings (SSSR count). The first-order valence-electron chi connectivity index (χ1n) is 7.00. The Morgan fingerprint density at radius 1 is 1.09 bits per heavy atom. The monoisotopic (exact) mass is 328 g/mol. The smallest absolute Gasteiger partial charge is 0.177 e. The van der Waals surface area contributed by atoms with Gasteiger partial charge in [-0.05, 0) is 37.6 Å². The Hall–Kier alpha value is -2.54. The first kappa shape index (κ1) is 15.4. The number of hydrogen-bond acceptors (Lipinski definition) is 5. The van der Waals surface area contributed by atoms with Crippen molar-refractivity contribution in [3.63, 3.8) is 0 Å². The van der Waals surface area contributed by atoms with E-state index in [1.54, 1.807) is 18.5 Å². The lowest BCUT2D eigenvalue weighted by Crippen LogP contribution is -1.98. The third kappa shape index (κ3) is 3.14. The summed E-state index contributed by atoms with van der Waals surface area (Å²) in [5.74, 6) is 0.689. The van der Waals surface area contributed by atoms with Crippen LogP contribution in [0.1, 0.15) is 11.4 Å². The molecule has 0 saturated heterocycles. The number of nitrogens with one attached hydrogen (secondary N) is 1. The van der Waals surface area contributed by atoms with Crippen molar-refractivity contribution < 1.29 is 8.42 Å². The van der Waals surface area contributed by atoms with Crippen molar-refractivity contribution in [2.45, 2.75) is 18.7 Å². The summed E-state index contributed by atoms with van der Waals surface area (Å²) in [6, 6.07) is 5.29. The molecule has 0 unspecified atom stereocenters. The number of aromatic nitrogens is 4. The van der Waals surface area contributed by atoms with Gasteiger partial charge in [0.1, 0.15) is 5.69 Å². The van der Waals surface area contributed by atoms with Crippen LogP contribution in [0.25, 0.3) is 22.6 Å². The van der Waals surface area contributed by atoms with E-state index in [-0.39, 0.29) is 4.90 Å². The summed E-state index contributed by atoms with van der Waals surface area (Å²) >= 11 is 0. The number of sulfone groups is 1. The Balaban J connectivity index is 2.07. The molecule has 6 nitrogen and oxygen atoms in total. The van der Waals surface area contributed by atoms with Crippen LogP contribution in [0, 0.1) is 13.8 Å². The largest absolute Gasteiger partial charge is 0.341 e. The quantitative estimate of drug-likeness (QED) is 0.798. The van der Waals surface area contributed by atoms with Crippen LogP contribution in [0.4, 0.5) is 0 Å². The normalized spacial score (nSPS) is 11.6. The molecule has 0 aliphatic heterocycles. The van der Waals surface area contributed by atoms with Crippen LogP contribution in [0.15, 0.2) is 41.7 Å². The first-order valence-corrected chi connectivity index (χ1v) is 8.89. The van der Waals surface area contributed by atoms with Crippen molar-refractivity contribution >= 4 is 9.84 Å². The van der Waals surface area contributed by atoms with Gasteiger partial charge in [-0.1, -0.05) is 0 Å². The molecule has 0 bridgehead atoms. The van der Waals surface area contributed by atoms with E-state index in [2.05, 4.69) is 19.9 Å². The van der Waals surface area contributed by atoms with E-state index in [0.29, 0.717) is 11.5 Å². The van der Waals surface area contributed by atoms with E-state index in [4.69, 9.17) is 0 Å². The van der Waals surface area contributed by atoms with E-state index < -0.39 is 9.84 Å². The van der Waals surface area contributed by atoms with Crippen LogP contribution in [0.5, 0.6) is 0 Å². The summed E-state index contributed by atoms with van der Waals surface area (Å²) in [4.78, 5) is 16.2. The van der Waals surface area contributed by atoms with Gasteiger partial charge in [-0.3, -0.25) is 9.97 Å². The van der Waals surface area contributed by atoms with Crippen LogP contribution >= 0.6 is 0 Å². The minimum Gasteiger partial charge on any atom is -0.341 e. The summed E-state index contributed by atoms with van der Waals surface area (Å²) in [5, 5.41) is 0. The molecule has 0 fully saturated rings. The van der Waals surface area contributed by atoms with Gasteiger partial charge in [-0.15, -0.1) is 0 Å². The van der Waals surface area contributed by atoms with E-state index in [9.17, 15) is 8.42 Å². The summed E-state index contributed by atoms with van der Waals surface area (Å²) < 4.78 is 23.4. The Bertz CT molecular complexity index is 958. The van der Waals surface area contributed by atoms with Gasteiger partial charge in [-0.2, -0.15) is 0 Å². The Morgan fingerprint density at radius 2 is 1.87 bits per heavy atom. The molecule has 3 aromatic heterocycles. The molecular formula is C16H16N4O2S. The highest BCUT2D eigenvalue weighted by molar-refractivity contribution is 7.90. The minimum atomic E-state index is -3.29. The van der Waals surface area contributed by atoms with Crippen LogP contribution in [0.2, 0.25) is 0 Å². The molecule has 0 saturated carbocycles. The zero-order valence-electron chi connectivity index (χ0n) is 13.0. The summed E-state index contributed by atoms with van der Waals surface area (Å²) in [7, 11) is -3.29. The molecule has 0 amide bonds. The Labute approximate surface area is 134 Å². The zero-order chi connectivity index (χ0) is 16.6. The van der Waals surface area contributed by atoms with Crippen molar-refractivity contribution in [1.82, 2.24) is 19.9 Å². The van der Waals surface area contributed by atoms with Crippen molar-refractivity contribution in [3.8, 4) is 22.6 Å². The van der Waals surface area contributed by atoms with Crippen LogP contribution in [-0.4, -0.2) is 34.6 Å². The van der Waals surface area contributed by atoms with Crippen LogP contribution < -0.4 is 0 Å². The number of hydrogen-bond donors (Lipinski definition) is 1. The molecule has 0 spiro atoms. The number of H-pyrrole nitrogens is 1. The fourth-order valence-corrected chi connectivity index (χ4v) is 2.78. The average molecular weight is 328 g/mol. The van der Waals surface area contributed by atoms with Crippen LogP contribution in [-0.2, 0) is 9.84 Å². The number of nitrogens with zero attached hydrogens (tertiary/aromatic N) is 3. The molecule has 0 aromatic carbocycles. The molecule has 118 valence electrons. The highest BCUT2D eigenvalue weighted by Gasteiger charge is 2.11. The lowest BCUT2D eigenvalue weighted by molar-refractivity contribution is 0.601. The Morgan fingerprint density at radius 3 is 2.52 bits per heavy atom. The molecular weight excluding hydrogens is 312 g/mol. The van der Waals surface area contributed by atoms with Crippen molar-refractivity contribution in [2.75, 3.05) is 6.26 Å². The van der Waals surface area contributed by atoms with Gasteiger partial charge in [0.15, 0.2) is 15.7 Å². The molecule has 1 N–H and O–H groups in total. The fraction of sp³-hybridized carbons (Fsp3) is 0.188. The van der Waals surface area contributed by atoms with E-state index in [1.807, 2.05) is 26.0 Å². The van der Waals surface area contributed by atoms with E-state index >= 15 is 0 Å². The van der Waals surface area contributed by atoms with Crippen molar-refractivity contribution in [3.05, 3.63) is 48.2 Å². The van der Waals surface area contributed by atoms with Crippen LogP contribution in [0.3, 0.4) is 0 Å². The van der Waals surface area contributed by atoms with Gasteiger partial charge in [0.25, 0.3) is 0 Å². The fourth-order valence-electron chi connectivity index (χ4n) is 2.19. The molecule has 0 atom stereocenters. The van der Waals surface area contributed by atoms with Gasteiger partial charge in [0, 0.05) is 36.1 Å². The average Bonchev–Trinajstić information content (AvgIpc) is 2.86. The van der Waals surface area contributed by atoms with E-state index in [1.165, 1.54) is 12.5 Å². The number of imidazole rings is 1. The second-order valence-electron chi connectivity index (χ2n) is 5.41. The lowest BCUT2D eigenvalue weighted by Gasteiger charge is -2.05. The SMILES string of the molecule is Cc1nc(-c2cc(-c3cncc(S(C)(=O)=O)c3)ccn2)[nH]c1C.